The highest BCUT2D eigenvalue weighted by Gasteiger charge is 2.31. The number of nitrogens with zero attached hydrogens (tertiary/aromatic N) is 5. The molecule has 1 amide bonds. The molecule has 0 aliphatic rings. The summed E-state index contributed by atoms with van der Waals surface area (Å²) >= 11 is 0. The molecule has 2 aromatic carbocycles. The van der Waals surface area contributed by atoms with E-state index in [0.29, 0.717) is 29.0 Å². The van der Waals surface area contributed by atoms with E-state index >= 15 is 0 Å². The fraction of sp³-hybridized carbons (Fsp3) is 0.219. The SMILES string of the molecule is CCOc1ccc(-n2c(C(C)N(Cc3cccnc3)C(=O)Cc3ccc(OC(F)(F)F)cc3)nc3ncccc3c2=O)cc1. The van der Waals surface area contributed by atoms with Crippen molar-refractivity contribution in [2.24, 2.45) is 0 Å². The molecule has 0 radical (unpaired) electrons. The molecule has 0 spiro atoms. The van der Waals surface area contributed by atoms with Crippen LogP contribution in [0.4, 0.5) is 13.2 Å². The van der Waals surface area contributed by atoms with E-state index < -0.39 is 12.4 Å². The quantitative estimate of drug-likeness (QED) is 0.199. The van der Waals surface area contributed by atoms with Crippen LogP contribution in [0.25, 0.3) is 16.7 Å². The summed E-state index contributed by atoms with van der Waals surface area (Å²) in [5.74, 6) is 0.173. The van der Waals surface area contributed by atoms with Crippen LogP contribution in [0.1, 0.15) is 36.8 Å². The number of ether oxygens (including phenoxy) is 2. The van der Waals surface area contributed by atoms with E-state index in [1.807, 2.05) is 13.0 Å². The predicted molar refractivity (Wildman–Crippen MR) is 156 cm³/mol. The van der Waals surface area contributed by atoms with Crippen molar-refractivity contribution in [3.63, 3.8) is 0 Å². The molecule has 0 N–H and O–H groups in total. The second-order valence-electron chi connectivity index (χ2n) is 9.84. The van der Waals surface area contributed by atoms with E-state index in [1.165, 1.54) is 22.9 Å². The minimum absolute atomic E-state index is 0.127. The van der Waals surface area contributed by atoms with Crippen LogP contribution in [0, 0.1) is 0 Å². The van der Waals surface area contributed by atoms with Crippen LogP contribution in [-0.2, 0) is 17.8 Å². The highest BCUT2D eigenvalue weighted by Crippen LogP contribution is 2.27. The lowest BCUT2D eigenvalue weighted by Crippen LogP contribution is -2.38. The summed E-state index contributed by atoms with van der Waals surface area (Å²) < 4.78 is 48.8. The predicted octanol–water partition coefficient (Wildman–Crippen LogP) is 5.81. The van der Waals surface area contributed by atoms with Crippen LogP contribution >= 0.6 is 0 Å². The number of amides is 1. The van der Waals surface area contributed by atoms with Gasteiger partial charge in [-0.3, -0.25) is 19.1 Å². The summed E-state index contributed by atoms with van der Waals surface area (Å²) in [6, 6.07) is 18.2. The van der Waals surface area contributed by atoms with Crippen molar-refractivity contribution in [3.05, 3.63) is 119 Å². The number of alkyl halides is 3. The number of aromatic nitrogens is 4. The molecule has 1 unspecified atom stereocenters. The number of rotatable bonds is 10. The van der Waals surface area contributed by atoms with Crippen LogP contribution in [0.5, 0.6) is 11.5 Å². The summed E-state index contributed by atoms with van der Waals surface area (Å²) in [5, 5.41) is 0.309. The van der Waals surface area contributed by atoms with E-state index in [-0.39, 0.29) is 41.7 Å². The molecule has 0 saturated carbocycles. The van der Waals surface area contributed by atoms with Crippen LogP contribution in [0.3, 0.4) is 0 Å². The Kier molecular flexibility index (Phi) is 8.88. The number of hydrogen-bond donors (Lipinski definition) is 0. The summed E-state index contributed by atoms with van der Waals surface area (Å²) in [4.78, 5) is 42.6. The fourth-order valence-electron chi connectivity index (χ4n) is 4.78. The van der Waals surface area contributed by atoms with Gasteiger partial charge in [-0.05, 0) is 79.6 Å². The normalized spacial score (nSPS) is 12.1. The number of benzene rings is 2. The van der Waals surface area contributed by atoms with Gasteiger partial charge in [-0.2, -0.15) is 0 Å². The third-order valence-corrected chi connectivity index (χ3v) is 6.83. The first-order valence-electron chi connectivity index (χ1n) is 13.8. The Balaban J connectivity index is 1.56. The number of carbonyl (C=O) groups is 1. The fourth-order valence-corrected chi connectivity index (χ4v) is 4.78. The van der Waals surface area contributed by atoms with Gasteiger partial charge in [-0.15, -0.1) is 13.2 Å². The molecular formula is C32H28F3N5O4. The van der Waals surface area contributed by atoms with Gasteiger partial charge in [0.25, 0.3) is 5.56 Å². The molecule has 0 bridgehead atoms. The average molecular weight is 604 g/mol. The van der Waals surface area contributed by atoms with Gasteiger partial charge in [0.1, 0.15) is 17.3 Å². The minimum atomic E-state index is -4.83. The van der Waals surface area contributed by atoms with Crippen LogP contribution in [-0.4, -0.2) is 43.3 Å². The van der Waals surface area contributed by atoms with Gasteiger partial charge < -0.3 is 14.4 Å². The Bertz CT molecular complexity index is 1790. The third kappa shape index (κ3) is 7.02. The number of carbonyl (C=O) groups excluding carboxylic acids is 1. The number of fused-ring (bicyclic) bond motifs is 1. The highest BCUT2D eigenvalue weighted by molar-refractivity contribution is 5.79. The van der Waals surface area contributed by atoms with Gasteiger partial charge in [0.05, 0.1) is 30.1 Å². The Morgan fingerprint density at radius 3 is 2.32 bits per heavy atom. The molecule has 3 heterocycles. The largest absolute Gasteiger partial charge is 0.573 e. The zero-order valence-corrected chi connectivity index (χ0v) is 23.9. The Morgan fingerprint density at radius 2 is 1.66 bits per heavy atom. The zero-order valence-electron chi connectivity index (χ0n) is 23.9. The molecule has 0 aliphatic carbocycles. The van der Waals surface area contributed by atoms with Crippen molar-refractivity contribution in [2.75, 3.05) is 6.61 Å². The second-order valence-corrected chi connectivity index (χ2v) is 9.84. The van der Waals surface area contributed by atoms with Crippen molar-refractivity contribution in [1.29, 1.82) is 0 Å². The lowest BCUT2D eigenvalue weighted by molar-refractivity contribution is -0.274. The van der Waals surface area contributed by atoms with Gasteiger partial charge in [-0.1, -0.05) is 18.2 Å². The third-order valence-electron chi connectivity index (χ3n) is 6.83. The van der Waals surface area contributed by atoms with Gasteiger partial charge >= 0.3 is 6.36 Å². The number of pyridine rings is 2. The van der Waals surface area contributed by atoms with Crippen molar-refractivity contribution < 1.29 is 27.4 Å². The van der Waals surface area contributed by atoms with Gasteiger partial charge in [0, 0.05) is 25.1 Å². The zero-order chi connectivity index (χ0) is 31.3. The van der Waals surface area contributed by atoms with E-state index in [0.717, 1.165) is 17.7 Å². The van der Waals surface area contributed by atoms with Gasteiger partial charge in [0.2, 0.25) is 5.91 Å². The molecule has 226 valence electrons. The van der Waals surface area contributed by atoms with E-state index in [9.17, 15) is 22.8 Å². The number of hydrogen-bond acceptors (Lipinski definition) is 7. The molecule has 44 heavy (non-hydrogen) atoms. The molecule has 0 aliphatic heterocycles. The van der Waals surface area contributed by atoms with Crippen LogP contribution in [0.15, 0.2) is 96.2 Å². The van der Waals surface area contributed by atoms with Crippen molar-refractivity contribution in [2.45, 2.75) is 39.2 Å². The lowest BCUT2D eigenvalue weighted by Gasteiger charge is -2.31. The summed E-state index contributed by atoms with van der Waals surface area (Å²) in [7, 11) is 0. The first-order chi connectivity index (χ1) is 21.1. The van der Waals surface area contributed by atoms with Crippen LogP contribution in [0.2, 0.25) is 0 Å². The first kappa shape index (κ1) is 30.2. The monoisotopic (exact) mass is 603 g/mol. The summed E-state index contributed by atoms with van der Waals surface area (Å²) in [5.41, 5.74) is 1.60. The van der Waals surface area contributed by atoms with Crippen molar-refractivity contribution >= 4 is 16.9 Å². The molecule has 5 rings (SSSR count). The Morgan fingerprint density at radius 1 is 0.955 bits per heavy atom. The maximum absolute atomic E-state index is 13.9. The highest BCUT2D eigenvalue weighted by atomic mass is 19.4. The van der Waals surface area contributed by atoms with E-state index in [1.54, 1.807) is 66.7 Å². The Hall–Kier alpha value is -5.26. The average Bonchev–Trinajstić information content (AvgIpc) is 3.01. The molecule has 9 nitrogen and oxygen atoms in total. The molecular weight excluding hydrogens is 575 g/mol. The summed E-state index contributed by atoms with van der Waals surface area (Å²) in [6.07, 6.45) is -0.172. The maximum atomic E-state index is 13.9. The van der Waals surface area contributed by atoms with Crippen molar-refractivity contribution in [3.8, 4) is 17.2 Å². The lowest BCUT2D eigenvalue weighted by atomic mass is 10.1. The van der Waals surface area contributed by atoms with E-state index in [2.05, 4.69) is 14.7 Å². The molecule has 0 saturated heterocycles. The molecule has 5 aromatic rings. The molecule has 3 aromatic heterocycles. The molecule has 12 heteroatoms. The number of halogens is 3. The smallest absolute Gasteiger partial charge is 0.494 e. The topological polar surface area (TPSA) is 99.4 Å². The molecule has 0 fully saturated rings. The van der Waals surface area contributed by atoms with Crippen molar-refractivity contribution in [1.82, 2.24) is 24.4 Å². The van der Waals surface area contributed by atoms with Crippen LogP contribution < -0.4 is 15.0 Å². The standard InChI is InChI=1S/C32H28F3N5O4/c1-3-43-25-14-10-24(11-15-25)40-30(38-29-27(31(40)42)7-5-17-37-29)21(2)39(20-23-6-4-16-36-19-23)28(41)18-22-8-12-26(13-9-22)44-32(33,34)35/h4-17,19,21H,3,18,20H2,1-2H3. The summed E-state index contributed by atoms with van der Waals surface area (Å²) in [6.45, 7) is 4.24. The maximum Gasteiger partial charge on any atom is 0.573 e. The van der Waals surface area contributed by atoms with Gasteiger partial charge in [0.15, 0.2) is 5.65 Å². The second kappa shape index (κ2) is 12.9. The van der Waals surface area contributed by atoms with E-state index in [4.69, 9.17) is 9.72 Å². The van der Waals surface area contributed by atoms with Gasteiger partial charge in [-0.25, -0.2) is 9.97 Å². The Labute approximate surface area is 250 Å². The molecule has 1 atom stereocenters. The first-order valence-corrected chi connectivity index (χ1v) is 13.8. The minimum Gasteiger partial charge on any atom is -0.494 e.